The normalized spacial score (nSPS) is 16.8. The molecule has 5 heteroatoms. The molecule has 1 aliphatic rings. The summed E-state index contributed by atoms with van der Waals surface area (Å²) in [5.74, 6) is -0.870. The van der Waals surface area contributed by atoms with Crippen LogP contribution in [0.1, 0.15) is 46.0 Å². The van der Waals surface area contributed by atoms with E-state index < -0.39 is 5.97 Å². The highest BCUT2D eigenvalue weighted by Crippen LogP contribution is 2.43. The van der Waals surface area contributed by atoms with Gasteiger partial charge in [-0.25, -0.2) is 4.79 Å². The summed E-state index contributed by atoms with van der Waals surface area (Å²) in [7, 11) is 0. The van der Waals surface area contributed by atoms with E-state index in [1.165, 1.54) is 19.3 Å². The summed E-state index contributed by atoms with van der Waals surface area (Å²) in [6, 6.07) is -0.140. The molecule has 0 atom stereocenters. The molecule has 0 spiro atoms. The van der Waals surface area contributed by atoms with Crippen LogP contribution in [0, 0.1) is 5.41 Å². The van der Waals surface area contributed by atoms with E-state index in [-0.39, 0.29) is 19.0 Å². The van der Waals surface area contributed by atoms with Crippen molar-refractivity contribution in [3.63, 3.8) is 0 Å². The molecule has 1 saturated carbocycles. The lowest BCUT2D eigenvalue weighted by molar-refractivity contribution is -0.137. The third-order valence-corrected chi connectivity index (χ3v) is 4.04. The maximum Gasteiger partial charge on any atom is 0.317 e. The molecule has 2 amide bonds. The first-order chi connectivity index (χ1) is 8.53. The Morgan fingerprint density at radius 3 is 2.39 bits per heavy atom. The van der Waals surface area contributed by atoms with Crippen LogP contribution in [0.15, 0.2) is 0 Å². The summed E-state index contributed by atoms with van der Waals surface area (Å²) in [6.07, 6.45) is 4.71. The zero-order valence-corrected chi connectivity index (χ0v) is 11.4. The minimum atomic E-state index is -0.870. The Labute approximate surface area is 109 Å². The fourth-order valence-corrected chi connectivity index (χ4v) is 2.34. The molecule has 1 aliphatic carbocycles. The van der Waals surface area contributed by atoms with Gasteiger partial charge in [0.05, 0.1) is 6.42 Å². The largest absolute Gasteiger partial charge is 0.481 e. The summed E-state index contributed by atoms with van der Waals surface area (Å²) >= 11 is 0. The van der Waals surface area contributed by atoms with Crippen LogP contribution in [0.5, 0.6) is 0 Å². The van der Waals surface area contributed by atoms with Crippen molar-refractivity contribution in [2.45, 2.75) is 46.0 Å². The average molecular weight is 256 g/mol. The monoisotopic (exact) mass is 256 g/mol. The van der Waals surface area contributed by atoms with Crippen LogP contribution in [-0.4, -0.2) is 41.6 Å². The van der Waals surface area contributed by atoms with Gasteiger partial charge in [-0.05, 0) is 31.6 Å². The molecule has 0 aliphatic heterocycles. The number of hydrogen-bond acceptors (Lipinski definition) is 2. The quantitative estimate of drug-likeness (QED) is 0.732. The molecule has 0 unspecified atom stereocenters. The molecule has 0 heterocycles. The molecule has 0 aromatic rings. The molecule has 104 valence electrons. The number of aliphatic carboxylic acids is 1. The van der Waals surface area contributed by atoms with Crippen molar-refractivity contribution in [3.05, 3.63) is 0 Å². The molecule has 0 saturated heterocycles. The van der Waals surface area contributed by atoms with Gasteiger partial charge in [0.1, 0.15) is 0 Å². The lowest BCUT2D eigenvalue weighted by atomic mass is 9.67. The Morgan fingerprint density at radius 1 is 1.33 bits per heavy atom. The standard InChI is InChI=1S/C13H24N2O3/c1-3-13(7-5-8-13)10-14-12(18)15(4-2)9-6-11(16)17/h3-10H2,1-2H3,(H,14,18)(H,16,17). The number of urea groups is 1. The van der Waals surface area contributed by atoms with Gasteiger partial charge < -0.3 is 15.3 Å². The number of carbonyl (C=O) groups is 2. The van der Waals surface area contributed by atoms with Gasteiger partial charge in [0.25, 0.3) is 0 Å². The minimum absolute atomic E-state index is 0.000179. The van der Waals surface area contributed by atoms with Gasteiger partial charge in [0, 0.05) is 19.6 Å². The van der Waals surface area contributed by atoms with Gasteiger partial charge in [-0.3, -0.25) is 4.79 Å². The van der Waals surface area contributed by atoms with Crippen molar-refractivity contribution in [2.75, 3.05) is 19.6 Å². The van der Waals surface area contributed by atoms with E-state index in [2.05, 4.69) is 12.2 Å². The van der Waals surface area contributed by atoms with E-state index in [4.69, 9.17) is 5.11 Å². The van der Waals surface area contributed by atoms with Crippen LogP contribution in [0.25, 0.3) is 0 Å². The van der Waals surface area contributed by atoms with Crippen molar-refractivity contribution in [3.8, 4) is 0 Å². The molecule has 0 bridgehead atoms. The molecule has 0 aromatic carbocycles. The van der Waals surface area contributed by atoms with Gasteiger partial charge in [-0.1, -0.05) is 13.3 Å². The van der Waals surface area contributed by atoms with Gasteiger partial charge >= 0.3 is 12.0 Å². The van der Waals surface area contributed by atoms with Crippen LogP contribution in [0.2, 0.25) is 0 Å². The number of nitrogens with zero attached hydrogens (tertiary/aromatic N) is 1. The second-order valence-corrected chi connectivity index (χ2v) is 5.09. The zero-order valence-electron chi connectivity index (χ0n) is 11.4. The molecule has 1 rings (SSSR count). The van der Waals surface area contributed by atoms with E-state index in [0.29, 0.717) is 18.5 Å². The lowest BCUT2D eigenvalue weighted by Gasteiger charge is -2.41. The summed E-state index contributed by atoms with van der Waals surface area (Å²) in [5, 5.41) is 11.6. The average Bonchev–Trinajstić information content (AvgIpc) is 2.28. The van der Waals surface area contributed by atoms with Gasteiger partial charge in [0.2, 0.25) is 0 Å². The highest BCUT2D eigenvalue weighted by Gasteiger charge is 2.35. The van der Waals surface area contributed by atoms with Gasteiger partial charge in [-0.2, -0.15) is 0 Å². The molecule has 2 N–H and O–H groups in total. The topological polar surface area (TPSA) is 69.6 Å². The fourth-order valence-electron chi connectivity index (χ4n) is 2.34. The number of nitrogens with one attached hydrogen (secondary N) is 1. The highest BCUT2D eigenvalue weighted by atomic mass is 16.4. The number of carbonyl (C=O) groups excluding carboxylic acids is 1. The van der Waals surface area contributed by atoms with Crippen LogP contribution < -0.4 is 5.32 Å². The van der Waals surface area contributed by atoms with Gasteiger partial charge in [-0.15, -0.1) is 0 Å². The van der Waals surface area contributed by atoms with E-state index in [1.54, 1.807) is 4.90 Å². The van der Waals surface area contributed by atoms with Gasteiger partial charge in [0.15, 0.2) is 0 Å². The van der Waals surface area contributed by atoms with Crippen molar-refractivity contribution in [1.29, 1.82) is 0 Å². The van der Waals surface area contributed by atoms with Crippen molar-refractivity contribution >= 4 is 12.0 Å². The number of hydrogen-bond donors (Lipinski definition) is 2. The van der Waals surface area contributed by atoms with E-state index in [1.807, 2.05) is 6.92 Å². The zero-order chi connectivity index (χ0) is 13.6. The Bertz CT molecular complexity index is 295. The molecular weight excluding hydrogens is 232 g/mol. The van der Waals surface area contributed by atoms with E-state index in [9.17, 15) is 9.59 Å². The van der Waals surface area contributed by atoms with E-state index >= 15 is 0 Å². The highest BCUT2D eigenvalue weighted by molar-refractivity contribution is 5.75. The Hall–Kier alpha value is -1.26. The number of amides is 2. The van der Waals surface area contributed by atoms with Crippen molar-refractivity contribution < 1.29 is 14.7 Å². The predicted molar refractivity (Wildman–Crippen MR) is 69.5 cm³/mol. The van der Waals surface area contributed by atoms with Crippen LogP contribution in [-0.2, 0) is 4.79 Å². The second kappa shape index (κ2) is 6.61. The summed E-state index contributed by atoms with van der Waals surface area (Å²) in [4.78, 5) is 24.0. The molecule has 1 fully saturated rings. The molecule has 0 radical (unpaired) electrons. The second-order valence-electron chi connectivity index (χ2n) is 5.09. The first kappa shape index (κ1) is 14.8. The SMILES string of the molecule is CCN(CCC(=O)O)C(=O)NCC1(CC)CCC1. The number of rotatable bonds is 7. The molecule has 0 aromatic heterocycles. The maximum absolute atomic E-state index is 11.9. The molecule has 5 nitrogen and oxygen atoms in total. The minimum Gasteiger partial charge on any atom is -0.481 e. The Morgan fingerprint density at radius 2 is 2.00 bits per heavy atom. The summed E-state index contributed by atoms with van der Waals surface area (Å²) < 4.78 is 0. The van der Waals surface area contributed by atoms with Crippen LogP contribution in [0.4, 0.5) is 4.79 Å². The van der Waals surface area contributed by atoms with Crippen LogP contribution >= 0.6 is 0 Å². The predicted octanol–water partition coefficient (Wildman–Crippen LogP) is 2.07. The fraction of sp³-hybridized carbons (Fsp3) is 0.846. The Kier molecular flexibility index (Phi) is 5.44. The number of carboxylic acid groups (broad SMARTS) is 1. The van der Waals surface area contributed by atoms with Crippen LogP contribution in [0.3, 0.4) is 0 Å². The number of carboxylic acids is 1. The lowest BCUT2D eigenvalue weighted by Crippen LogP contribution is -2.47. The first-order valence-corrected chi connectivity index (χ1v) is 6.77. The molecular formula is C13H24N2O3. The molecule has 18 heavy (non-hydrogen) atoms. The maximum atomic E-state index is 11.9. The Balaban J connectivity index is 2.35. The smallest absolute Gasteiger partial charge is 0.317 e. The van der Waals surface area contributed by atoms with Crippen molar-refractivity contribution in [1.82, 2.24) is 10.2 Å². The summed E-state index contributed by atoms with van der Waals surface area (Å²) in [5.41, 5.74) is 0.294. The first-order valence-electron chi connectivity index (χ1n) is 6.77. The third kappa shape index (κ3) is 3.89. The third-order valence-electron chi connectivity index (χ3n) is 4.04. The van der Waals surface area contributed by atoms with Crippen molar-refractivity contribution in [2.24, 2.45) is 5.41 Å². The van der Waals surface area contributed by atoms with E-state index in [0.717, 1.165) is 6.42 Å². The summed E-state index contributed by atoms with van der Waals surface area (Å²) in [6.45, 7) is 5.55.